The van der Waals surface area contributed by atoms with Gasteiger partial charge in [0.15, 0.2) is 5.78 Å². The van der Waals surface area contributed by atoms with Gasteiger partial charge in [-0.2, -0.15) is 0 Å². The number of hydrogen-bond acceptors (Lipinski definition) is 2. The maximum Gasteiger partial charge on any atom is 0.194 e. The Labute approximate surface area is 103 Å². The fourth-order valence-corrected chi connectivity index (χ4v) is 1.75. The molecule has 86 valence electrons. The van der Waals surface area contributed by atoms with Gasteiger partial charge in [0, 0.05) is 16.8 Å². The van der Waals surface area contributed by atoms with E-state index < -0.39 is 0 Å². The standard InChI is InChI=1S/C13H9ClFNO/c14-12-7-10(16)5-6-11(12)13(17)8-1-3-9(15)4-2-8/h1-7H,16H2. The van der Waals surface area contributed by atoms with Crippen LogP contribution in [-0.4, -0.2) is 5.78 Å². The molecule has 0 spiro atoms. The third-order valence-electron chi connectivity index (χ3n) is 2.34. The third-order valence-corrected chi connectivity index (χ3v) is 2.66. The number of nitrogen functional groups attached to an aromatic ring is 1. The number of benzene rings is 2. The molecule has 2 nitrogen and oxygen atoms in total. The number of carbonyl (C=O) groups excluding carboxylic acids is 1. The van der Waals surface area contributed by atoms with Gasteiger partial charge in [-0.15, -0.1) is 0 Å². The molecule has 0 unspecified atom stereocenters. The quantitative estimate of drug-likeness (QED) is 0.656. The summed E-state index contributed by atoms with van der Waals surface area (Å²) in [5.41, 5.74) is 6.77. The summed E-state index contributed by atoms with van der Waals surface area (Å²) in [5, 5.41) is 0.291. The van der Waals surface area contributed by atoms with Gasteiger partial charge in [0.25, 0.3) is 0 Å². The van der Waals surface area contributed by atoms with Gasteiger partial charge >= 0.3 is 0 Å². The molecule has 4 heteroatoms. The van der Waals surface area contributed by atoms with Crippen LogP contribution < -0.4 is 5.73 Å². The van der Waals surface area contributed by atoms with Gasteiger partial charge < -0.3 is 5.73 Å². The van der Waals surface area contributed by atoms with Gasteiger partial charge in [-0.1, -0.05) is 11.6 Å². The first-order valence-electron chi connectivity index (χ1n) is 4.93. The average molecular weight is 250 g/mol. The number of carbonyl (C=O) groups is 1. The Kier molecular flexibility index (Phi) is 3.11. The summed E-state index contributed by atoms with van der Waals surface area (Å²) in [7, 11) is 0. The van der Waals surface area contributed by atoms with Crippen LogP contribution in [-0.2, 0) is 0 Å². The van der Waals surface area contributed by atoms with E-state index in [9.17, 15) is 9.18 Å². The minimum absolute atomic E-state index is 0.255. The van der Waals surface area contributed by atoms with Crippen molar-refractivity contribution in [2.45, 2.75) is 0 Å². The van der Waals surface area contributed by atoms with Gasteiger partial charge in [0.05, 0.1) is 5.02 Å². The molecule has 0 amide bonds. The van der Waals surface area contributed by atoms with E-state index in [2.05, 4.69) is 0 Å². The van der Waals surface area contributed by atoms with Crippen molar-refractivity contribution in [2.75, 3.05) is 5.73 Å². The molecule has 0 bridgehead atoms. The summed E-state index contributed by atoms with van der Waals surface area (Å²) in [5.74, 6) is -0.639. The molecule has 0 heterocycles. The highest BCUT2D eigenvalue weighted by atomic mass is 35.5. The first-order valence-corrected chi connectivity index (χ1v) is 5.31. The second-order valence-corrected chi connectivity index (χ2v) is 3.98. The predicted molar refractivity (Wildman–Crippen MR) is 65.7 cm³/mol. The molecule has 0 radical (unpaired) electrons. The van der Waals surface area contributed by atoms with Crippen molar-refractivity contribution in [1.82, 2.24) is 0 Å². The van der Waals surface area contributed by atoms with Gasteiger partial charge in [-0.25, -0.2) is 4.39 Å². The number of halogens is 2. The first kappa shape index (κ1) is 11.6. The highest BCUT2D eigenvalue weighted by molar-refractivity contribution is 6.35. The highest BCUT2D eigenvalue weighted by Gasteiger charge is 2.12. The van der Waals surface area contributed by atoms with Crippen molar-refractivity contribution in [1.29, 1.82) is 0 Å². The van der Waals surface area contributed by atoms with Crippen molar-refractivity contribution in [2.24, 2.45) is 0 Å². The minimum Gasteiger partial charge on any atom is -0.399 e. The molecule has 0 fully saturated rings. The molecule has 17 heavy (non-hydrogen) atoms. The lowest BCUT2D eigenvalue weighted by molar-refractivity contribution is 0.103. The molecule has 0 aliphatic rings. The van der Waals surface area contributed by atoms with E-state index in [1.54, 1.807) is 12.1 Å². The maximum atomic E-state index is 12.7. The van der Waals surface area contributed by atoms with Crippen LogP contribution >= 0.6 is 11.6 Å². The van der Waals surface area contributed by atoms with Crippen LogP contribution in [0.2, 0.25) is 5.02 Å². The Morgan fingerprint density at radius 1 is 1.12 bits per heavy atom. The zero-order valence-corrected chi connectivity index (χ0v) is 9.54. The average Bonchev–Trinajstić information content (AvgIpc) is 2.29. The second-order valence-electron chi connectivity index (χ2n) is 3.58. The molecule has 2 aromatic carbocycles. The molecule has 0 saturated heterocycles. The van der Waals surface area contributed by atoms with E-state index in [0.717, 1.165) is 0 Å². The molecule has 0 aliphatic heterocycles. The smallest absolute Gasteiger partial charge is 0.194 e. The van der Waals surface area contributed by atoms with Crippen molar-refractivity contribution < 1.29 is 9.18 Å². The lowest BCUT2D eigenvalue weighted by atomic mass is 10.0. The summed E-state index contributed by atoms with van der Waals surface area (Å²) in [6.07, 6.45) is 0. The normalized spacial score (nSPS) is 10.2. The van der Waals surface area contributed by atoms with Crippen LogP contribution in [0.3, 0.4) is 0 Å². The van der Waals surface area contributed by atoms with E-state index >= 15 is 0 Å². The monoisotopic (exact) mass is 249 g/mol. The van der Waals surface area contributed by atoms with E-state index in [-0.39, 0.29) is 11.6 Å². The van der Waals surface area contributed by atoms with Gasteiger partial charge in [-0.05, 0) is 42.5 Å². The topological polar surface area (TPSA) is 43.1 Å². The second kappa shape index (κ2) is 4.55. The third kappa shape index (κ3) is 2.45. The molecular weight excluding hydrogens is 241 g/mol. The predicted octanol–water partition coefficient (Wildman–Crippen LogP) is 3.29. The first-order chi connectivity index (χ1) is 8.08. The lowest BCUT2D eigenvalue weighted by Gasteiger charge is -2.04. The molecule has 0 saturated carbocycles. The minimum atomic E-state index is -0.384. The van der Waals surface area contributed by atoms with E-state index in [1.165, 1.54) is 30.3 Å². The molecule has 2 N–H and O–H groups in total. The number of nitrogens with two attached hydrogens (primary N) is 1. The van der Waals surface area contributed by atoms with Crippen LogP contribution in [0.15, 0.2) is 42.5 Å². The molecule has 2 rings (SSSR count). The van der Waals surface area contributed by atoms with Gasteiger partial charge in [0.1, 0.15) is 5.82 Å². The zero-order valence-electron chi connectivity index (χ0n) is 8.78. The molecule has 0 aliphatic carbocycles. The molecule has 2 aromatic rings. The van der Waals surface area contributed by atoms with Crippen molar-refractivity contribution in [3.63, 3.8) is 0 Å². The summed E-state index contributed by atoms with van der Waals surface area (Å²) >= 11 is 5.93. The number of anilines is 1. The van der Waals surface area contributed by atoms with E-state index in [1.807, 2.05) is 0 Å². The molecular formula is C13H9ClFNO. The fraction of sp³-hybridized carbons (Fsp3) is 0. The van der Waals surface area contributed by atoms with Crippen molar-refractivity contribution in [3.05, 3.63) is 64.4 Å². The number of hydrogen-bond donors (Lipinski definition) is 1. The van der Waals surface area contributed by atoms with Crippen molar-refractivity contribution >= 4 is 23.1 Å². The Bertz CT molecular complexity index is 566. The maximum absolute atomic E-state index is 12.7. The molecule has 0 aromatic heterocycles. The zero-order chi connectivity index (χ0) is 12.4. The number of rotatable bonds is 2. The Morgan fingerprint density at radius 3 is 2.35 bits per heavy atom. The van der Waals surface area contributed by atoms with Gasteiger partial charge in [-0.3, -0.25) is 4.79 Å². The Hall–Kier alpha value is -1.87. The Morgan fingerprint density at radius 2 is 1.76 bits per heavy atom. The molecule has 0 atom stereocenters. The highest BCUT2D eigenvalue weighted by Crippen LogP contribution is 2.22. The summed E-state index contributed by atoms with van der Waals surface area (Å²) in [6.45, 7) is 0. The summed E-state index contributed by atoms with van der Waals surface area (Å²) in [6, 6.07) is 9.98. The van der Waals surface area contributed by atoms with Crippen LogP contribution in [0, 0.1) is 5.82 Å². The largest absolute Gasteiger partial charge is 0.399 e. The summed E-state index contributed by atoms with van der Waals surface area (Å²) in [4.78, 5) is 12.0. The SMILES string of the molecule is Nc1ccc(C(=O)c2ccc(F)cc2)c(Cl)c1. The van der Waals surface area contributed by atoms with Crippen LogP contribution in [0.1, 0.15) is 15.9 Å². The van der Waals surface area contributed by atoms with Crippen molar-refractivity contribution in [3.8, 4) is 0 Å². The van der Waals surface area contributed by atoms with E-state index in [0.29, 0.717) is 21.8 Å². The number of ketones is 1. The Balaban J connectivity index is 2.40. The lowest BCUT2D eigenvalue weighted by Crippen LogP contribution is -2.02. The summed E-state index contributed by atoms with van der Waals surface area (Å²) < 4.78 is 12.7. The van der Waals surface area contributed by atoms with Crippen LogP contribution in [0.25, 0.3) is 0 Å². The fourth-order valence-electron chi connectivity index (χ4n) is 1.47. The van der Waals surface area contributed by atoms with E-state index in [4.69, 9.17) is 17.3 Å². The van der Waals surface area contributed by atoms with Crippen LogP contribution in [0.5, 0.6) is 0 Å². The van der Waals surface area contributed by atoms with Crippen LogP contribution in [0.4, 0.5) is 10.1 Å². The van der Waals surface area contributed by atoms with Gasteiger partial charge in [0.2, 0.25) is 0 Å².